The average Bonchev–Trinajstić information content (AvgIpc) is 3.34. The first kappa shape index (κ1) is 23.5. The normalized spacial score (nSPS) is 48.1. The monoisotopic (exact) mass is 480 g/mol. The average molecular weight is 481 g/mol. The van der Waals surface area contributed by atoms with Gasteiger partial charge in [-0.15, -0.1) is 0 Å². The molecular weight excluding hydrogens is 440 g/mol. The van der Waals surface area contributed by atoms with E-state index in [9.17, 15) is 14.4 Å². The minimum absolute atomic E-state index is 0.00539. The molecule has 4 aliphatic carbocycles. The molecule has 10 unspecified atom stereocenters. The molecule has 0 aromatic heterocycles. The van der Waals surface area contributed by atoms with Gasteiger partial charge in [-0.3, -0.25) is 9.59 Å². The number of esters is 2. The fourth-order valence-electron chi connectivity index (χ4n) is 9.54. The molecule has 6 aliphatic rings. The van der Waals surface area contributed by atoms with Crippen LogP contribution in [0.25, 0.3) is 0 Å². The highest BCUT2D eigenvalue weighted by Gasteiger charge is 2.74. The predicted octanol–water partition coefficient (Wildman–Crippen LogP) is 5.57. The van der Waals surface area contributed by atoms with Crippen LogP contribution in [-0.2, 0) is 23.9 Å². The van der Waals surface area contributed by atoms with Crippen molar-refractivity contribution < 1.29 is 23.9 Å². The van der Waals surface area contributed by atoms with Crippen molar-refractivity contribution in [1.82, 2.24) is 0 Å². The second-order valence-corrected chi connectivity index (χ2v) is 13.0. The van der Waals surface area contributed by atoms with Crippen molar-refractivity contribution in [2.24, 2.45) is 46.3 Å². The van der Waals surface area contributed by atoms with Gasteiger partial charge < -0.3 is 14.3 Å². The van der Waals surface area contributed by atoms with E-state index >= 15 is 0 Å². The molecule has 5 nitrogen and oxygen atoms in total. The Labute approximate surface area is 209 Å². The number of allylic oxidation sites excluding steroid dienone is 4. The molecule has 2 bridgehead atoms. The fourth-order valence-corrected chi connectivity index (χ4v) is 9.54. The molecule has 0 aromatic carbocycles. The number of rotatable bonds is 3. The molecule has 6 rings (SSSR count). The Kier molecular flexibility index (Phi) is 5.23. The maximum atomic E-state index is 13.9. The highest BCUT2D eigenvalue weighted by molar-refractivity contribution is 5.83. The SMILES string of the molecule is CC(=O)CCC1=CCC2C(CC1C)OC(=O)C21CC2CC1(C)C1=C2C(C)CC2OC(=O)C(C)C2C1. The largest absolute Gasteiger partial charge is 0.462 e. The number of carbonyl (C=O) groups excluding carboxylic acids is 3. The molecule has 5 heteroatoms. The van der Waals surface area contributed by atoms with E-state index in [-0.39, 0.29) is 53.1 Å². The predicted molar refractivity (Wildman–Crippen MR) is 131 cm³/mol. The summed E-state index contributed by atoms with van der Waals surface area (Å²) in [6, 6.07) is 0. The first-order valence-electron chi connectivity index (χ1n) is 13.9. The second kappa shape index (κ2) is 7.79. The summed E-state index contributed by atoms with van der Waals surface area (Å²) in [7, 11) is 0. The van der Waals surface area contributed by atoms with E-state index in [1.807, 2.05) is 6.92 Å². The van der Waals surface area contributed by atoms with Crippen molar-refractivity contribution >= 4 is 17.7 Å². The second-order valence-electron chi connectivity index (χ2n) is 13.0. The Morgan fingerprint density at radius 2 is 1.80 bits per heavy atom. The van der Waals surface area contributed by atoms with E-state index in [0.29, 0.717) is 24.2 Å². The van der Waals surface area contributed by atoms with Gasteiger partial charge in [-0.05, 0) is 69.6 Å². The van der Waals surface area contributed by atoms with Gasteiger partial charge in [0.15, 0.2) is 0 Å². The van der Waals surface area contributed by atoms with E-state index in [0.717, 1.165) is 44.9 Å². The maximum absolute atomic E-state index is 13.9. The molecular formula is C30H40O5. The molecule has 2 heterocycles. The first-order valence-corrected chi connectivity index (χ1v) is 13.9. The Morgan fingerprint density at radius 3 is 2.54 bits per heavy atom. The van der Waals surface area contributed by atoms with Crippen LogP contribution in [0, 0.1) is 46.3 Å². The summed E-state index contributed by atoms with van der Waals surface area (Å²) in [6.07, 6.45) is 9.17. The molecule has 190 valence electrons. The van der Waals surface area contributed by atoms with Crippen LogP contribution in [-0.4, -0.2) is 29.9 Å². The van der Waals surface area contributed by atoms with Crippen LogP contribution < -0.4 is 0 Å². The Balaban J connectivity index is 1.37. The molecule has 35 heavy (non-hydrogen) atoms. The zero-order valence-electron chi connectivity index (χ0n) is 21.9. The van der Waals surface area contributed by atoms with E-state index in [1.165, 1.54) is 11.1 Å². The minimum atomic E-state index is -0.473. The van der Waals surface area contributed by atoms with Crippen molar-refractivity contribution in [3.63, 3.8) is 0 Å². The van der Waals surface area contributed by atoms with Gasteiger partial charge >= 0.3 is 11.9 Å². The van der Waals surface area contributed by atoms with Gasteiger partial charge in [-0.25, -0.2) is 0 Å². The van der Waals surface area contributed by atoms with Crippen molar-refractivity contribution in [3.8, 4) is 0 Å². The third-order valence-electron chi connectivity index (χ3n) is 11.3. The lowest BCUT2D eigenvalue weighted by Gasteiger charge is -2.46. The lowest BCUT2D eigenvalue weighted by molar-refractivity contribution is -0.153. The van der Waals surface area contributed by atoms with Crippen LogP contribution in [0.15, 0.2) is 22.8 Å². The number of ketones is 1. The van der Waals surface area contributed by atoms with Crippen LogP contribution in [0.1, 0.15) is 86.0 Å². The van der Waals surface area contributed by atoms with E-state index in [1.54, 1.807) is 12.5 Å². The van der Waals surface area contributed by atoms with Gasteiger partial charge in [-0.1, -0.05) is 50.5 Å². The Hall–Kier alpha value is -1.91. The number of Topliss-reactive ketones (excluding diaryl/α,β-unsaturated/α-hetero) is 1. The van der Waals surface area contributed by atoms with Gasteiger partial charge in [0, 0.05) is 23.7 Å². The number of fused-ring (bicyclic) bond motifs is 8. The highest BCUT2D eigenvalue weighted by Crippen LogP contribution is 2.75. The number of ether oxygens (including phenoxy) is 2. The third kappa shape index (κ3) is 3.08. The van der Waals surface area contributed by atoms with Crippen molar-refractivity contribution in [2.75, 3.05) is 0 Å². The van der Waals surface area contributed by atoms with Crippen molar-refractivity contribution in [2.45, 2.75) is 98.2 Å². The van der Waals surface area contributed by atoms with Crippen molar-refractivity contribution in [1.29, 1.82) is 0 Å². The van der Waals surface area contributed by atoms with Crippen LogP contribution in [0.2, 0.25) is 0 Å². The molecule has 1 spiro atoms. The molecule has 0 radical (unpaired) electrons. The van der Waals surface area contributed by atoms with Crippen molar-refractivity contribution in [3.05, 3.63) is 22.8 Å². The third-order valence-corrected chi connectivity index (χ3v) is 11.3. The molecule has 0 N–H and O–H groups in total. The summed E-state index contributed by atoms with van der Waals surface area (Å²) in [4.78, 5) is 37.9. The number of carbonyl (C=O) groups is 3. The lowest BCUT2D eigenvalue weighted by atomic mass is 9.54. The number of hydrogen-bond acceptors (Lipinski definition) is 5. The molecule has 2 saturated heterocycles. The smallest absolute Gasteiger partial charge is 0.313 e. The van der Waals surface area contributed by atoms with Gasteiger partial charge in [0.25, 0.3) is 0 Å². The summed E-state index contributed by atoms with van der Waals surface area (Å²) in [6.45, 7) is 10.6. The lowest BCUT2D eigenvalue weighted by Crippen LogP contribution is -2.47. The first-order chi connectivity index (χ1) is 16.6. The standard InChI is InChI=1S/C30H40O5/c1-15-10-25-22(9-8-19(15)7-6-17(3)31)30(28(33)35-25)14-20-13-29(30,5)23-12-21-18(4)27(32)34-24(21)11-16(2)26(20)23/h8,15-16,18,20-22,24-25H,6-7,9-14H2,1-5H3. The Bertz CT molecular complexity index is 1050. The van der Waals surface area contributed by atoms with Crippen LogP contribution >= 0.6 is 0 Å². The van der Waals surface area contributed by atoms with Gasteiger partial charge in [0.1, 0.15) is 18.0 Å². The molecule has 0 amide bonds. The maximum Gasteiger partial charge on any atom is 0.313 e. The Morgan fingerprint density at radius 1 is 1.06 bits per heavy atom. The fraction of sp³-hybridized carbons (Fsp3) is 0.767. The van der Waals surface area contributed by atoms with E-state index in [4.69, 9.17) is 9.47 Å². The molecule has 10 atom stereocenters. The molecule has 1 saturated carbocycles. The van der Waals surface area contributed by atoms with E-state index < -0.39 is 5.41 Å². The van der Waals surface area contributed by atoms with Gasteiger partial charge in [-0.2, -0.15) is 0 Å². The number of hydrogen-bond donors (Lipinski definition) is 0. The van der Waals surface area contributed by atoms with Gasteiger partial charge in [0.05, 0.1) is 11.3 Å². The van der Waals surface area contributed by atoms with Crippen LogP contribution in [0.4, 0.5) is 0 Å². The molecule has 3 fully saturated rings. The zero-order valence-corrected chi connectivity index (χ0v) is 21.9. The summed E-state index contributed by atoms with van der Waals surface area (Å²) in [5.41, 5.74) is 3.72. The van der Waals surface area contributed by atoms with Gasteiger partial charge in [0.2, 0.25) is 0 Å². The summed E-state index contributed by atoms with van der Waals surface area (Å²) >= 11 is 0. The zero-order chi connectivity index (χ0) is 24.9. The minimum Gasteiger partial charge on any atom is -0.462 e. The molecule has 0 aromatic rings. The molecule has 2 aliphatic heterocycles. The topological polar surface area (TPSA) is 69.7 Å². The highest BCUT2D eigenvalue weighted by atomic mass is 16.6. The van der Waals surface area contributed by atoms with Crippen LogP contribution in [0.3, 0.4) is 0 Å². The van der Waals surface area contributed by atoms with Crippen LogP contribution in [0.5, 0.6) is 0 Å². The summed E-state index contributed by atoms with van der Waals surface area (Å²) in [5.74, 6) is 1.68. The summed E-state index contributed by atoms with van der Waals surface area (Å²) in [5, 5.41) is 0. The van der Waals surface area contributed by atoms with E-state index in [2.05, 4.69) is 26.8 Å². The summed E-state index contributed by atoms with van der Waals surface area (Å²) < 4.78 is 12.1. The quantitative estimate of drug-likeness (QED) is 0.390.